The summed E-state index contributed by atoms with van der Waals surface area (Å²) in [5, 5.41) is 13.9. The third-order valence-corrected chi connectivity index (χ3v) is 4.70. The Morgan fingerprint density at radius 2 is 2.08 bits per heavy atom. The van der Waals surface area contributed by atoms with Crippen LogP contribution < -0.4 is 0 Å². The minimum absolute atomic E-state index is 0.310. The Morgan fingerprint density at radius 1 is 1.21 bits per heavy atom. The van der Waals surface area contributed by atoms with Crippen molar-refractivity contribution in [3.8, 4) is 6.07 Å². The van der Waals surface area contributed by atoms with E-state index in [2.05, 4.69) is 45.3 Å². The van der Waals surface area contributed by atoms with E-state index in [9.17, 15) is 5.26 Å². The average molecular weight is 317 g/mol. The molecule has 1 atom stereocenters. The molecule has 5 nitrogen and oxygen atoms in total. The SMILES string of the molecule is N#Cc1nn2cccnc2c1C1CCCN(Cc2ccccc2)C1. The zero-order chi connectivity index (χ0) is 16.4. The van der Waals surface area contributed by atoms with Crippen LogP contribution in [0.5, 0.6) is 0 Å². The Kier molecular flexibility index (Phi) is 3.97. The molecule has 1 aromatic carbocycles. The zero-order valence-electron chi connectivity index (χ0n) is 13.5. The van der Waals surface area contributed by atoms with Gasteiger partial charge in [0, 0.05) is 37.0 Å². The highest BCUT2D eigenvalue weighted by atomic mass is 15.3. The van der Waals surface area contributed by atoms with E-state index >= 15 is 0 Å². The smallest absolute Gasteiger partial charge is 0.168 e. The van der Waals surface area contributed by atoms with Gasteiger partial charge < -0.3 is 0 Å². The Morgan fingerprint density at radius 3 is 2.92 bits per heavy atom. The van der Waals surface area contributed by atoms with Gasteiger partial charge in [-0.1, -0.05) is 30.3 Å². The number of hydrogen-bond acceptors (Lipinski definition) is 4. The largest absolute Gasteiger partial charge is 0.298 e. The summed E-state index contributed by atoms with van der Waals surface area (Å²) in [5.74, 6) is 0.310. The summed E-state index contributed by atoms with van der Waals surface area (Å²) in [7, 11) is 0. The van der Waals surface area contributed by atoms with Gasteiger partial charge in [0.2, 0.25) is 0 Å². The second kappa shape index (κ2) is 6.42. The number of benzene rings is 1. The van der Waals surface area contributed by atoms with Crippen LogP contribution >= 0.6 is 0 Å². The van der Waals surface area contributed by atoms with E-state index in [1.54, 1.807) is 10.7 Å². The lowest BCUT2D eigenvalue weighted by Crippen LogP contribution is -2.34. The van der Waals surface area contributed by atoms with Crippen LogP contribution in [-0.2, 0) is 6.54 Å². The molecule has 1 saturated heterocycles. The molecule has 0 amide bonds. The minimum Gasteiger partial charge on any atom is -0.298 e. The number of likely N-dealkylation sites (tertiary alicyclic amines) is 1. The second-order valence-corrected chi connectivity index (χ2v) is 6.32. The number of aromatic nitrogens is 3. The maximum absolute atomic E-state index is 9.48. The number of nitriles is 1. The van der Waals surface area contributed by atoms with Crippen molar-refractivity contribution in [1.82, 2.24) is 19.5 Å². The molecule has 1 aliphatic heterocycles. The highest BCUT2D eigenvalue weighted by molar-refractivity contribution is 5.55. The Labute approximate surface area is 141 Å². The predicted molar refractivity (Wildman–Crippen MR) is 91.4 cm³/mol. The van der Waals surface area contributed by atoms with Crippen LogP contribution in [0.1, 0.15) is 35.6 Å². The summed E-state index contributed by atoms with van der Waals surface area (Å²) in [6.45, 7) is 2.99. The molecule has 1 unspecified atom stereocenters. The van der Waals surface area contributed by atoms with E-state index in [0.29, 0.717) is 11.6 Å². The van der Waals surface area contributed by atoms with E-state index < -0.39 is 0 Å². The molecule has 4 rings (SSSR count). The van der Waals surface area contributed by atoms with Gasteiger partial charge >= 0.3 is 0 Å². The number of nitrogens with zero attached hydrogens (tertiary/aromatic N) is 5. The Bertz CT molecular complexity index is 878. The third kappa shape index (κ3) is 2.77. The number of piperidine rings is 1. The van der Waals surface area contributed by atoms with Crippen molar-refractivity contribution in [1.29, 1.82) is 5.26 Å². The fraction of sp³-hybridized carbons (Fsp3) is 0.316. The van der Waals surface area contributed by atoms with Crippen molar-refractivity contribution in [2.75, 3.05) is 13.1 Å². The van der Waals surface area contributed by atoms with E-state index in [-0.39, 0.29) is 0 Å². The molecule has 0 spiro atoms. The van der Waals surface area contributed by atoms with Gasteiger partial charge in [-0.25, -0.2) is 9.50 Å². The second-order valence-electron chi connectivity index (χ2n) is 6.32. The monoisotopic (exact) mass is 317 g/mol. The molecule has 0 aliphatic carbocycles. The van der Waals surface area contributed by atoms with Gasteiger partial charge in [-0.2, -0.15) is 10.4 Å². The first-order chi connectivity index (χ1) is 11.8. The van der Waals surface area contributed by atoms with Gasteiger partial charge in [-0.3, -0.25) is 4.90 Å². The van der Waals surface area contributed by atoms with Gasteiger partial charge in [0.05, 0.1) is 0 Å². The molecule has 3 aromatic rings. The molecule has 3 heterocycles. The van der Waals surface area contributed by atoms with Crippen molar-refractivity contribution in [3.63, 3.8) is 0 Å². The molecule has 1 aliphatic rings. The summed E-state index contributed by atoms with van der Waals surface area (Å²) in [6.07, 6.45) is 5.84. The average Bonchev–Trinajstić information content (AvgIpc) is 3.01. The highest BCUT2D eigenvalue weighted by Crippen LogP contribution is 2.31. The van der Waals surface area contributed by atoms with Crippen molar-refractivity contribution in [2.24, 2.45) is 0 Å². The first kappa shape index (κ1) is 14.9. The maximum Gasteiger partial charge on any atom is 0.168 e. The molecule has 120 valence electrons. The summed E-state index contributed by atoms with van der Waals surface area (Å²) in [4.78, 5) is 6.93. The van der Waals surface area contributed by atoms with Gasteiger partial charge in [-0.15, -0.1) is 0 Å². The Balaban J connectivity index is 1.62. The van der Waals surface area contributed by atoms with E-state index in [1.807, 2.05) is 18.3 Å². The fourth-order valence-electron chi connectivity index (χ4n) is 3.64. The molecule has 1 fully saturated rings. The summed E-state index contributed by atoms with van der Waals surface area (Å²) in [5.41, 5.74) is 3.67. The molecular formula is C19H19N5. The molecule has 2 aromatic heterocycles. The van der Waals surface area contributed by atoms with Gasteiger partial charge in [-0.05, 0) is 31.0 Å². The van der Waals surface area contributed by atoms with E-state index in [0.717, 1.165) is 43.7 Å². The topological polar surface area (TPSA) is 57.2 Å². The number of rotatable bonds is 3. The Hall–Kier alpha value is -2.71. The normalized spacial score (nSPS) is 18.5. The van der Waals surface area contributed by atoms with E-state index in [1.165, 1.54) is 5.56 Å². The van der Waals surface area contributed by atoms with Crippen LogP contribution in [0, 0.1) is 11.3 Å². The van der Waals surface area contributed by atoms with E-state index in [4.69, 9.17) is 0 Å². The van der Waals surface area contributed by atoms with Crippen LogP contribution in [-0.4, -0.2) is 32.6 Å². The molecule has 0 bridgehead atoms. The fourth-order valence-corrected chi connectivity index (χ4v) is 3.64. The molecule has 0 N–H and O–H groups in total. The molecule has 24 heavy (non-hydrogen) atoms. The van der Waals surface area contributed by atoms with Crippen molar-refractivity contribution in [3.05, 3.63) is 65.6 Å². The van der Waals surface area contributed by atoms with Gasteiger partial charge in [0.25, 0.3) is 0 Å². The summed E-state index contributed by atoms with van der Waals surface area (Å²) < 4.78 is 1.73. The van der Waals surface area contributed by atoms with Crippen LogP contribution in [0.25, 0.3) is 5.65 Å². The lowest BCUT2D eigenvalue weighted by Gasteiger charge is -2.32. The van der Waals surface area contributed by atoms with Gasteiger partial charge in [0.15, 0.2) is 11.3 Å². The highest BCUT2D eigenvalue weighted by Gasteiger charge is 2.27. The summed E-state index contributed by atoms with van der Waals surface area (Å²) in [6, 6.07) is 14.6. The van der Waals surface area contributed by atoms with Crippen LogP contribution in [0.3, 0.4) is 0 Å². The quantitative estimate of drug-likeness (QED) is 0.745. The van der Waals surface area contributed by atoms with Crippen LogP contribution in [0.2, 0.25) is 0 Å². The lowest BCUT2D eigenvalue weighted by molar-refractivity contribution is 0.200. The van der Waals surface area contributed by atoms with Crippen molar-refractivity contribution >= 4 is 5.65 Å². The van der Waals surface area contributed by atoms with Crippen molar-refractivity contribution in [2.45, 2.75) is 25.3 Å². The summed E-state index contributed by atoms with van der Waals surface area (Å²) >= 11 is 0. The predicted octanol–water partition coefficient (Wildman–Crippen LogP) is 2.98. The minimum atomic E-state index is 0.310. The lowest BCUT2D eigenvalue weighted by atomic mass is 9.90. The van der Waals surface area contributed by atoms with Gasteiger partial charge in [0.1, 0.15) is 6.07 Å². The van der Waals surface area contributed by atoms with Crippen molar-refractivity contribution < 1.29 is 0 Å². The van der Waals surface area contributed by atoms with Crippen LogP contribution in [0.4, 0.5) is 0 Å². The molecule has 5 heteroatoms. The molecular weight excluding hydrogens is 298 g/mol. The maximum atomic E-state index is 9.48. The first-order valence-electron chi connectivity index (χ1n) is 8.35. The molecule has 0 radical (unpaired) electrons. The number of fused-ring (bicyclic) bond motifs is 1. The zero-order valence-corrected chi connectivity index (χ0v) is 13.5. The third-order valence-electron chi connectivity index (χ3n) is 4.70. The first-order valence-corrected chi connectivity index (χ1v) is 8.35. The standard InChI is InChI=1S/C19H19N5/c20-12-17-18(19-21-9-5-11-24(19)22-17)16-8-4-10-23(14-16)13-15-6-2-1-3-7-15/h1-3,5-7,9,11,16H,4,8,10,13-14H2. The van der Waals surface area contributed by atoms with Crippen LogP contribution in [0.15, 0.2) is 48.8 Å². The number of hydrogen-bond donors (Lipinski definition) is 0. The molecule has 0 saturated carbocycles.